The van der Waals surface area contributed by atoms with Crippen molar-refractivity contribution in [2.24, 2.45) is 0 Å². The molecule has 1 aliphatic heterocycles. The van der Waals surface area contributed by atoms with Crippen molar-refractivity contribution in [3.8, 4) is 0 Å². The second-order valence-corrected chi connectivity index (χ2v) is 6.49. The van der Waals surface area contributed by atoms with E-state index in [0.717, 1.165) is 30.6 Å². The first-order chi connectivity index (χ1) is 11.9. The molecule has 0 radical (unpaired) electrons. The molecule has 0 atom stereocenters. The smallest absolute Gasteiger partial charge is 0.293 e. The van der Waals surface area contributed by atoms with E-state index in [-0.39, 0.29) is 23.8 Å². The molecular formula is C19H21N3O3. The normalized spacial score (nSPS) is 14.0. The third-order valence-electron chi connectivity index (χ3n) is 4.66. The molecule has 0 aromatic heterocycles. The second kappa shape index (κ2) is 7.03. The zero-order chi connectivity index (χ0) is 18.0. The van der Waals surface area contributed by atoms with Gasteiger partial charge in [0.05, 0.1) is 11.5 Å². The Labute approximate surface area is 146 Å². The summed E-state index contributed by atoms with van der Waals surface area (Å²) >= 11 is 0. The van der Waals surface area contributed by atoms with E-state index in [1.807, 2.05) is 26.0 Å². The number of aryl methyl sites for hydroxylation is 2. The average molecular weight is 339 g/mol. The average Bonchev–Trinajstić information content (AvgIpc) is 2.57. The first-order valence-electron chi connectivity index (χ1n) is 8.28. The first kappa shape index (κ1) is 17.1. The van der Waals surface area contributed by atoms with Gasteiger partial charge in [-0.2, -0.15) is 0 Å². The molecule has 1 heterocycles. The van der Waals surface area contributed by atoms with Crippen LogP contribution in [0.1, 0.15) is 22.3 Å². The molecule has 0 spiro atoms. The standard InChI is InChI=1S/C19H21N3O3/c1-13-9-17(18(22(24)25)10-14(13)2)20-19(23)12-21-8-7-15-5-3-4-6-16(15)11-21/h3-6,9-10H,7-8,11-12H2,1-2H3,(H,20,23). The van der Waals surface area contributed by atoms with Crippen molar-refractivity contribution in [1.82, 2.24) is 4.90 Å². The first-order valence-corrected chi connectivity index (χ1v) is 8.28. The van der Waals surface area contributed by atoms with Gasteiger partial charge in [0.2, 0.25) is 5.91 Å². The van der Waals surface area contributed by atoms with Gasteiger partial charge in [-0.25, -0.2) is 0 Å². The number of nitrogens with one attached hydrogen (secondary N) is 1. The number of carbonyl (C=O) groups is 1. The van der Waals surface area contributed by atoms with Crippen LogP contribution >= 0.6 is 0 Å². The Morgan fingerprint density at radius 2 is 1.88 bits per heavy atom. The van der Waals surface area contributed by atoms with Crippen LogP contribution in [0, 0.1) is 24.0 Å². The maximum atomic E-state index is 12.4. The summed E-state index contributed by atoms with van der Waals surface area (Å²) in [6.07, 6.45) is 0.910. The van der Waals surface area contributed by atoms with Gasteiger partial charge >= 0.3 is 0 Å². The summed E-state index contributed by atoms with van der Waals surface area (Å²) in [5.41, 5.74) is 4.49. The topological polar surface area (TPSA) is 75.5 Å². The fourth-order valence-corrected chi connectivity index (χ4v) is 3.13. The number of anilines is 1. The number of fused-ring (bicyclic) bond motifs is 1. The highest BCUT2D eigenvalue weighted by molar-refractivity contribution is 5.94. The van der Waals surface area contributed by atoms with Crippen LogP contribution in [-0.4, -0.2) is 28.8 Å². The van der Waals surface area contributed by atoms with E-state index in [1.54, 1.807) is 6.07 Å². The van der Waals surface area contributed by atoms with Crippen molar-refractivity contribution in [2.45, 2.75) is 26.8 Å². The Balaban J connectivity index is 1.70. The van der Waals surface area contributed by atoms with Gasteiger partial charge in [0.15, 0.2) is 0 Å². The van der Waals surface area contributed by atoms with E-state index in [2.05, 4.69) is 22.3 Å². The van der Waals surface area contributed by atoms with Crippen LogP contribution in [0.4, 0.5) is 11.4 Å². The fraction of sp³-hybridized carbons (Fsp3) is 0.316. The monoisotopic (exact) mass is 339 g/mol. The fourth-order valence-electron chi connectivity index (χ4n) is 3.13. The van der Waals surface area contributed by atoms with Crippen LogP contribution in [0.15, 0.2) is 36.4 Å². The minimum absolute atomic E-state index is 0.0690. The highest BCUT2D eigenvalue weighted by Gasteiger charge is 2.21. The minimum Gasteiger partial charge on any atom is -0.319 e. The molecule has 6 nitrogen and oxygen atoms in total. The highest BCUT2D eigenvalue weighted by Crippen LogP contribution is 2.28. The van der Waals surface area contributed by atoms with Crippen LogP contribution in [0.25, 0.3) is 0 Å². The van der Waals surface area contributed by atoms with Gasteiger partial charge in [0.1, 0.15) is 5.69 Å². The number of carbonyl (C=O) groups excluding carboxylic acids is 1. The molecule has 1 N–H and O–H groups in total. The maximum Gasteiger partial charge on any atom is 0.293 e. The molecule has 0 unspecified atom stereocenters. The lowest BCUT2D eigenvalue weighted by molar-refractivity contribution is -0.384. The van der Waals surface area contributed by atoms with Crippen LogP contribution in [0.2, 0.25) is 0 Å². The maximum absolute atomic E-state index is 12.4. The molecule has 0 saturated carbocycles. The molecule has 0 bridgehead atoms. The Bertz CT molecular complexity index is 833. The summed E-state index contributed by atoms with van der Waals surface area (Å²) < 4.78 is 0. The number of nitro groups is 1. The SMILES string of the molecule is Cc1cc(NC(=O)CN2CCc3ccccc3C2)c([N+](=O)[O-])cc1C. The summed E-state index contributed by atoms with van der Waals surface area (Å²) in [5.74, 6) is -0.231. The number of hydrogen-bond acceptors (Lipinski definition) is 4. The summed E-state index contributed by atoms with van der Waals surface area (Å²) in [5, 5.41) is 13.9. The zero-order valence-corrected chi connectivity index (χ0v) is 14.4. The van der Waals surface area contributed by atoms with Crippen molar-refractivity contribution >= 4 is 17.3 Å². The van der Waals surface area contributed by atoms with Crippen molar-refractivity contribution in [1.29, 1.82) is 0 Å². The van der Waals surface area contributed by atoms with E-state index < -0.39 is 4.92 Å². The van der Waals surface area contributed by atoms with Crippen molar-refractivity contribution in [2.75, 3.05) is 18.4 Å². The predicted molar refractivity (Wildman–Crippen MR) is 96.6 cm³/mol. The Hall–Kier alpha value is -2.73. The highest BCUT2D eigenvalue weighted by atomic mass is 16.6. The van der Waals surface area contributed by atoms with E-state index in [4.69, 9.17) is 0 Å². The predicted octanol–water partition coefficient (Wildman–Crippen LogP) is 3.21. The quantitative estimate of drug-likeness (QED) is 0.685. The molecule has 3 rings (SSSR count). The lowest BCUT2D eigenvalue weighted by Crippen LogP contribution is -2.37. The summed E-state index contributed by atoms with van der Waals surface area (Å²) in [6.45, 7) is 5.44. The molecule has 0 aliphatic carbocycles. The van der Waals surface area contributed by atoms with Gasteiger partial charge in [-0.1, -0.05) is 24.3 Å². The van der Waals surface area contributed by atoms with Crippen molar-refractivity contribution < 1.29 is 9.72 Å². The lowest BCUT2D eigenvalue weighted by Gasteiger charge is -2.28. The van der Waals surface area contributed by atoms with E-state index in [0.29, 0.717) is 0 Å². The van der Waals surface area contributed by atoms with Gasteiger partial charge in [-0.3, -0.25) is 19.8 Å². The Morgan fingerprint density at radius 3 is 2.60 bits per heavy atom. The van der Waals surface area contributed by atoms with Crippen LogP contribution in [0.5, 0.6) is 0 Å². The molecule has 2 aromatic carbocycles. The Kier molecular flexibility index (Phi) is 4.81. The number of nitrogens with zero attached hydrogens (tertiary/aromatic N) is 2. The zero-order valence-electron chi connectivity index (χ0n) is 14.4. The second-order valence-electron chi connectivity index (χ2n) is 6.49. The largest absolute Gasteiger partial charge is 0.319 e. The number of amides is 1. The van der Waals surface area contributed by atoms with Crippen molar-refractivity contribution in [3.63, 3.8) is 0 Å². The van der Waals surface area contributed by atoms with Gasteiger partial charge in [-0.05, 0) is 48.6 Å². The molecular weight excluding hydrogens is 318 g/mol. The van der Waals surface area contributed by atoms with Crippen molar-refractivity contribution in [3.05, 3.63) is 68.8 Å². The number of benzene rings is 2. The number of rotatable bonds is 4. The van der Waals surface area contributed by atoms with Crippen LogP contribution in [0.3, 0.4) is 0 Å². The molecule has 1 amide bonds. The molecule has 2 aromatic rings. The molecule has 25 heavy (non-hydrogen) atoms. The number of nitro benzene ring substituents is 1. The Morgan fingerprint density at radius 1 is 1.20 bits per heavy atom. The van der Waals surface area contributed by atoms with Crippen LogP contribution in [-0.2, 0) is 17.8 Å². The van der Waals surface area contributed by atoms with E-state index >= 15 is 0 Å². The van der Waals surface area contributed by atoms with Gasteiger partial charge in [-0.15, -0.1) is 0 Å². The molecule has 0 saturated heterocycles. The molecule has 1 aliphatic rings. The lowest BCUT2D eigenvalue weighted by atomic mass is 10.00. The molecule has 130 valence electrons. The summed E-state index contributed by atoms with van der Waals surface area (Å²) in [6, 6.07) is 11.4. The molecule has 6 heteroatoms. The van der Waals surface area contributed by atoms with E-state index in [9.17, 15) is 14.9 Å². The van der Waals surface area contributed by atoms with Gasteiger partial charge < -0.3 is 5.32 Å². The third-order valence-corrected chi connectivity index (χ3v) is 4.66. The minimum atomic E-state index is -0.459. The third kappa shape index (κ3) is 3.85. The van der Waals surface area contributed by atoms with Gasteiger partial charge in [0, 0.05) is 19.2 Å². The van der Waals surface area contributed by atoms with Gasteiger partial charge in [0.25, 0.3) is 5.69 Å². The molecule has 0 fully saturated rings. The van der Waals surface area contributed by atoms with E-state index in [1.165, 1.54) is 17.2 Å². The summed E-state index contributed by atoms with van der Waals surface area (Å²) in [4.78, 5) is 25.2. The number of hydrogen-bond donors (Lipinski definition) is 1. The summed E-state index contributed by atoms with van der Waals surface area (Å²) in [7, 11) is 0. The van der Waals surface area contributed by atoms with Crippen LogP contribution < -0.4 is 5.32 Å².